The third kappa shape index (κ3) is 3.22. The fraction of sp³-hybridized carbons (Fsp3) is 0.571. The Balaban J connectivity index is 2.17. The quantitative estimate of drug-likeness (QED) is 0.827. The van der Waals surface area contributed by atoms with E-state index in [9.17, 15) is 0 Å². The number of nitrogens with two attached hydrogens (primary N) is 1. The van der Waals surface area contributed by atoms with Gasteiger partial charge in [-0.05, 0) is 33.3 Å². The molecule has 104 valence electrons. The number of thiocarbonyl (C=S) groups is 1. The number of anilines is 1. The molecule has 1 aliphatic heterocycles. The van der Waals surface area contributed by atoms with E-state index in [1.807, 2.05) is 19.9 Å². The zero-order valence-electron chi connectivity index (χ0n) is 11.7. The first-order valence-electron chi connectivity index (χ1n) is 6.62. The largest absolute Gasteiger partial charge is 0.389 e. The lowest BCUT2D eigenvalue weighted by atomic mass is 10.0. The maximum absolute atomic E-state index is 5.80. The normalized spacial score (nSPS) is 22.5. The summed E-state index contributed by atoms with van der Waals surface area (Å²) in [6.07, 6.45) is 1.41. The zero-order valence-corrected chi connectivity index (χ0v) is 12.5. The van der Waals surface area contributed by atoms with Crippen molar-refractivity contribution in [3.63, 3.8) is 0 Å². The van der Waals surface area contributed by atoms with Crippen molar-refractivity contribution >= 4 is 22.9 Å². The number of nitrogens with one attached hydrogen (secondary N) is 1. The van der Waals surface area contributed by atoms with Crippen molar-refractivity contribution in [1.29, 1.82) is 0 Å². The molecule has 3 N–H and O–H groups in total. The van der Waals surface area contributed by atoms with E-state index in [0.717, 1.165) is 42.2 Å². The van der Waals surface area contributed by atoms with Crippen LogP contribution in [0.2, 0.25) is 0 Å². The van der Waals surface area contributed by atoms with E-state index in [4.69, 9.17) is 22.7 Å². The van der Waals surface area contributed by atoms with E-state index in [-0.39, 0.29) is 0 Å². The third-order valence-electron chi connectivity index (χ3n) is 3.66. The van der Waals surface area contributed by atoms with Crippen LogP contribution < -0.4 is 11.1 Å². The molecule has 0 saturated carbocycles. The summed E-state index contributed by atoms with van der Waals surface area (Å²) in [7, 11) is 0. The molecule has 2 rings (SSSR count). The van der Waals surface area contributed by atoms with Crippen LogP contribution in [0.25, 0.3) is 0 Å². The average Bonchev–Trinajstić information content (AvgIpc) is 2.70. The van der Waals surface area contributed by atoms with Crippen molar-refractivity contribution < 1.29 is 4.74 Å². The van der Waals surface area contributed by atoms with E-state index < -0.39 is 0 Å². The van der Waals surface area contributed by atoms with Gasteiger partial charge in [0.25, 0.3) is 0 Å². The van der Waals surface area contributed by atoms with Gasteiger partial charge in [-0.15, -0.1) is 0 Å². The molecule has 0 aliphatic carbocycles. The van der Waals surface area contributed by atoms with Crippen molar-refractivity contribution in [1.82, 2.24) is 4.98 Å². The Morgan fingerprint density at radius 1 is 1.58 bits per heavy atom. The van der Waals surface area contributed by atoms with Crippen LogP contribution in [-0.4, -0.2) is 29.2 Å². The van der Waals surface area contributed by atoms with E-state index in [1.165, 1.54) is 0 Å². The molecule has 2 unspecified atom stereocenters. The van der Waals surface area contributed by atoms with E-state index in [1.54, 1.807) is 0 Å². The summed E-state index contributed by atoms with van der Waals surface area (Å²) in [5.41, 5.74) is 9.49. The number of ether oxygens (including phenoxy) is 1. The summed E-state index contributed by atoms with van der Waals surface area (Å²) in [6.45, 7) is 7.76. The molecular formula is C14H21N3OS. The molecule has 1 aliphatic rings. The predicted octanol–water partition coefficient (Wildman–Crippen LogP) is 2.17. The number of aryl methyl sites for hydroxylation is 2. The van der Waals surface area contributed by atoms with Crippen molar-refractivity contribution in [2.24, 2.45) is 11.7 Å². The SMILES string of the molecule is Cc1cc(NCC2CCOC2C)c(C(N)=S)c(C)n1. The van der Waals surface area contributed by atoms with Crippen molar-refractivity contribution in [3.05, 3.63) is 23.0 Å². The predicted molar refractivity (Wildman–Crippen MR) is 81.6 cm³/mol. The lowest BCUT2D eigenvalue weighted by Crippen LogP contribution is -2.23. The molecule has 0 amide bonds. The van der Waals surface area contributed by atoms with Crippen molar-refractivity contribution in [3.8, 4) is 0 Å². The molecule has 1 fully saturated rings. The molecule has 0 spiro atoms. The Bertz CT molecular complexity index is 490. The second kappa shape index (κ2) is 5.84. The second-order valence-electron chi connectivity index (χ2n) is 5.14. The van der Waals surface area contributed by atoms with Crippen LogP contribution >= 0.6 is 12.2 Å². The fourth-order valence-electron chi connectivity index (χ4n) is 2.56. The number of rotatable bonds is 4. The third-order valence-corrected chi connectivity index (χ3v) is 3.87. The van der Waals surface area contributed by atoms with Gasteiger partial charge in [0.1, 0.15) is 4.99 Å². The monoisotopic (exact) mass is 279 g/mol. The Morgan fingerprint density at radius 3 is 2.89 bits per heavy atom. The summed E-state index contributed by atoms with van der Waals surface area (Å²) in [5.74, 6) is 0.535. The van der Waals surface area contributed by atoms with Gasteiger partial charge in [-0.25, -0.2) is 0 Å². The van der Waals surface area contributed by atoms with Crippen LogP contribution in [0.15, 0.2) is 6.07 Å². The lowest BCUT2D eigenvalue weighted by molar-refractivity contribution is 0.108. The number of nitrogens with zero attached hydrogens (tertiary/aromatic N) is 1. The molecule has 1 aromatic heterocycles. The van der Waals surface area contributed by atoms with Gasteiger partial charge in [0.15, 0.2) is 0 Å². The maximum Gasteiger partial charge on any atom is 0.107 e. The van der Waals surface area contributed by atoms with Gasteiger partial charge in [-0.3, -0.25) is 4.98 Å². The fourth-order valence-corrected chi connectivity index (χ4v) is 2.82. The minimum absolute atomic E-state index is 0.310. The molecule has 0 radical (unpaired) electrons. The first kappa shape index (κ1) is 14.2. The Kier molecular flexibility index (Phi) is 4.37. The summed E-state index contributed by atoms with van der Waals surface area (Å²) >= 11 is 5.13. The highest BCUT2D eigenvalue weighted by Crippen LogP contribution is 2.24. The highest BCUT2D eigenvalue weighted by Gasteiger charge is 2.24. The number of hydrogen-bond acceptors (Lipinski definition) is 4. The summed E-state index contributed by atoms with van der Waals surface area (Å²) in [6, 6.07) is 2.00. The lowest BCUT2D eigenvalue weighted by Gasteiger charge is -2.18. The smallest absolute Gasteiger partial charge is 0.107 e. The summed E-state index contributed by atoms with van der Waals surface area (Å²) in [5, 5.41) is 3.46. The van der Waals surface area contributed by atoms with Crippen LogP contribution in [-0.2, 0) is 4.74 Å². The highest BCUT2D eigenvalue weighted by molar-refractivity contribution is 7.80. The van der Waals surface area contributed by atoms with Crippen molar-refractivity contribution in [2.45, 2.75) is 33.3 Å². The van der Waals surface area contributed by atoms with Crippen LogP contribution in [0.3, 0.4) is 0 Å². The van der Waals surface area contributed by atoms with E-state index in [0.29, 0.717) is 17.0 Å². The van der Waals surface area contributed by atoms with Gasteiger partial charge in [0.2, 0.25) is 0 Å². The Morgan fingerprint density at radius 2 is 2.32 bits per heavy atom. The number of aromatic nitrogens is 1. The molecule has 0 aromatic carbocycles. The molecule has 1 aromatic rings. The van der Waals surface area contributed by atoms with Gasteiger partial charge in [0.05, 0.1) is 11.7 Å². The molecule has 1 saturated heterocycles. The number of pyridine rings is 1. The molecule has 4 nitrogen and oxygen atoms in total. The molecule has 19 heavy (non-hydrogen) atoms. The first-order chi connectivity index (χ1) is 8.99. The van der Waals surface area contributed by atoms with Gasteiger partial charge in [0, 0.05) is 36.1 Å². The second-order valence-corrected chi connectivity index (χ2v) is 5.58. The number of hydrogen-bond donors (Lipinski definition) is 2. The molecule has 2 atom stereocenters. The average molecular weight is 279 g/mol. The Labute approximate surface area is 119 Å². The molecule has 2 heterocycles. The van der Waals surface area contributed by atoms with E-state index in [2.05, 4.69) is 17.2 Å². The van der Waals surface area contributed by atoms with Gasteiger partial charge >= 0.3 is 0 Å². The van der Waals surface area contributed by atoms with Crippen LogP contribution in [0.1, 0.15) is 30.3 Å². The standard InChI is InChI=1S/C14H21N3OS/c1-8-6-12(13(14(15)19)9(2)17-8)16-7-11-4-5-18-10(11)3/h6,10-11H,4-5,7H2,1-3H3,(H2,15,19)(H,16,17). The van der Waals surface area contributed by atoms with Gasteiger partial charge < -0.3 is 15.8 Å². The van der Waals surface area contributed by atoms with Crippen LogP contribution in [0.4, 0.5) is 5.69 Å². The Hall–Kier alpha value is -1.20. The molecule has 5 heteroatoms. The van der Waals surface area contributed by atoms with Gasteiger partial charge in [-0.1, -0.05) is 12.2 Å². The molecule has 0 bridgehead atoms. The minimum Gasteiger partial charge on any atom is -0.389 e. The zero-order chi connectivity index (χ0) is 14.0. The highest BCUT2D eigenvalue weighted by atomic mass is 32.1. The first-order valence-corrected chi connectivity index (χ1v) is 7.03. The maximum atomic E-state index is 5.80. The molecular weight excluding hydrogens is 258 g/mol. The van der Waals surface area contributed by atoms with Crippen LogP contribution in [0.5, 0.6) is 0 Å². The summed E-state index contributed by atoms with van der Waals surface area (Å²) in [4.78, 5) is 4.81. The van der Waals surface area contributed by atoms with Crippen LogP contribution in [0, 0.1) is 19.8 Å². The van der Waals surface area contributed by atoms with E-state index >= 15 is 0 Å². The van der Waals surface area contributed by atoms with Crippen molar-refractivity contribution in [2.75, 3.05) is 18.5 Å². The topological polar surface area (TPSA) is 60.2 Å². The van der Waals surface area contributed by atoms with Gasteiger partial charge in [-0.2, -0.15) is 0 Å². The minimum atomic E-state index is 0.310. The summed E-state index contributed by atoms with van der Waals surface area (Å²) < 4.78 is 5.58.